The standard InChI is InChI=1S/C11H22N2O/c1-12(2)11(14)9-13(3)10-7-5-4-6-8-10/h10H,4-9H2,1-3H3. The fourth-order valence-electron chi connectivity index (χ4n) is 2.01. The zero-order chi connectivity index (χ0) is 10.6. The Bertz CT molecular complexity index is 186. The van der Waals surface area contributed by atoms with Crippen molar-refractivity contribution in [3.8, 4) is 0 Å². The Hall–Kier alpha value is -0.570. The molecule has 0 radical (unpaired) electrons. The van der Waals surface area contributed by atoms with Gasteiger partial charge in [0, 0.05) is 20.1 Å². The van der Waals surface area contributed by atoms with E-state index in [9.17, 15) is 4.79 Å². The summed E-state index contributed by atoms with van der Waals surface area (Å²) in [4.78, 5) is 15.4. The minimum atomic E-state index is 0.207. The summed E-state index contributed by atoms with van der Waals surface area (Å²) in [6, 6.07) is 0.632. The average molecular weight is 198 g/mol. The number of likely N-dealkylation sites (N-methyl/N-ethyl adjacent to an activating group) is 2. The Morgan fingerprint density at radius 3 is 2.21 bits per heavy atom. The van der Waals surface area contributed by atoms with E-state index in [1.807, 2.05) is 14.1 Å². The summed E-state index contributed by atoms with van der Waals surface area (Å²) < 4.78 is 0. The molecule has 0 heterocycles. The maximum Gasteiger partial charge on any atom is 0.236 e. The maximum atomic E-state index is 11.5. The predicted molar refractivity (Wildman–Crippen MR) is 58.2 cm³/mol. The van der Waals surface area contributed by atoms with Crippen LogP contribution in [0.1, 0.15) is 32.1 Å². The molecule has 0 aromatic carbocycles. The van der Waals surface area contributed by atoms with Crippen LogP contribution in [0, 0.1) is 0 Å². The Kier molecular flexibility index (Phi) is 4.39. The molecule has 0 aromatic heterocycles. The van der Waals surface area contributed by atoms with Crippen molar-refractivity contribution in [3.05, 3.63) is 0 Å². The third-order valence-electron chi connectivity index (χ3n) is 3.08. The molecule has 82 valence electrons. The summed E-state index contributed by atoms with van der Waals surface area (Å²) >= 11 is 0. The Labute approximate surface area is 87.1 Å². The number of rotatable bonds is 3. The van der Waals surface area contributed by atoms with Gasteiger partial charge >= 0.3 is 0 Å². The second kappa shape index (κ2) is 5.35. The highest BCUT2D eigenvalue weighted by Crippen LogP contribution is 2.21. The first kappa shape index (κ1) is 11.5. The zero-order valence-electron chi connectivity index (χ0n) is 9.62. The molecule has 0 saturated heterocycles. The van der Waals surface area contributed by atoms with Crippen molar-refractivity contribution in [2.24, 2.45) is 0 Å². The van der Waals surface area contributed by atoms with Gasteiger partial charge in [0.1, 0.15) is 0 Å². The maximum absolute atomic E-state index is 11.5. The van der Waals surface area contributed by atoms with E-state index in [4.69, 9.17) is 0 Å². The van der Waals surface area contributed by atoms with Crippen LogP contribution in [0.5, 0.6) is 0 Å². The molecule has 0 unspecified atom stereocenters. The smallest absolute Gasteiger partial charge is 0.236 e. The molecule has 0 atom stereocenters. The monoisotopic (exact) mass is 198 g/mol. The number of carbonyl (C=O) groups excluding carboxylic acids is 1. The Morgan fingerprint density at radius 1 is 1.14 bits per heavy atom. The predicted octanol–water partition coefficient (Wildman–Crippen LogP) is 1.34. The van der Waals surface area contributed by atoms with Gasteiger partial charge < -0.3 is 4.90 Å². The van der Waals surface area contributed by atoms with E-state index in [-0.39, 0.29) is 5.91 Å². The van der Waals surface area contributed by atoms with E-state index in [1.165, 1.54) is 32.1 Å². The van der Waals surface area contributed by atoms with Crippen molar-refractivity contribution in [1.82, 2.24) is 9.80 Å². The molecule has 3 heteroatoms. The Morgan fingerprint density at radius 2 is 1.71 bits per heavy atom. The van der Waals surface area contributed by atoms with Crippen LogP contribution in [0.25, 0.3) is 0 Å². The van der Waals surface area contributed by atoms with Gasteiger partial charge in [0.2, 0.25) is 5.91 Å². The van der Waals surface area contributed by atoms with Gasteiger partial charge in [-0.1, -0.05) is 19.3 Å². The number of hydrogen-bond donors (Lipinski definition) is 0. The number of nitrogens with zero attached hydrogens (tertiary/aromatic N) is 2. The molecule has 3 nitrogen and oxygen atoms in total. The first-order valence-electron chi connectivity index (χ1n) is 5.51. The quantitative estimate of drug-likeness (QED) is 0.683. The van der Waals surface area contributed by atoms with Crippen molar-refractivity contribution in [2.75, 3.05) is 27.7 Å². The highest BCUT2D eigenvalue weighted by Gasteiger charge is 2.20. The SMILES string of the molecule is CN(C)C(=O)CN(C)C1CCCCC1. The van der Waals surface area contributed by atoms with Gasteiger partial charge in [0.15, 0.2) is 0 Å². The molecule has 1 amide bonds. The third kappa shape index (κ3) is 3.29. The van der Waals surface area contributed by atoms with Crippen LogP contribution < -0.4 is 0 Å². The molecule has 0 bridgehead atoms. The van der Waals surface area contributed by atoms with E-state index in [0.29, 0.717) is 12.6 Å². The minimum Gasteiger partial charge on any atom is -0.348 e. The number of amides is 1. The fraction of sp³-hybridized carbons (Fsp3) is 0.909. The van der Waals surface area contributed by atoms with E-state index in [2.05, 4.69) is 11.9 Å². The minimum absolute atomic E-state index is 0.207. The van der Waals surface area contributed by atoms with Gasteiger partial charge in [-0.15, -0.1) is 0 Å². The van der Waals surface area contributed by atoms with E-state index in [0.717, 1.165) is 0 Å². The molecular weight excluding hydrogens is 176 g/mol. The lowest BCUT2D eigenvalue weighted by Crippen LogP contribution is -2.40. The van der Waals surface area contributed by atoms with Gasteiger partial charge in [-0.05, 0) is 19.9 Å². The molecule has 14 heavy (non-hydrogen) atoms. The highest BCUT2D eigenvalue weighted by atomic mass is 16.2. The first-order valence-corrected chi connectivity index (χ1v) is 5.51. The molecule has 1 aliphatic carbocycles. The molecule has 1 saturated carbocycles. The molecule has 0 aliphatic heterocycles. The summed E-state index contributed by atoms with van der Waals surface area (Å²) in [5, 5.41) is 0. The van der Waals surface area contributed by atoms with Crippen LogP contribution in [-0.2, 0) is 4.79 Å². The van der Waals surface area contributed by atoms with Crippen LogP contribution >= 0.6 is 0 Å². The number of carbonyl (C=O) groups is 1. The summed E-state index contributed by atoms with van der Waals surface area (Å²) in [6.07, 6.45) is 6.54. The molecule has 0 spiro atoms. The van der Waals surface area contributed by atoms with Gasteiger partial charge in [-0.25, -0.2) is 0 Å². The lowest BCUT2D eigenvalue weighted by Gasteiger charge is -2.31. The van der Waals surface area contributed by atoms with E-state index in [1.54, 1.807) is 4.90 Å². The molecular formula is C11H22N2O. The second-order valence-corrected chi connectivity index (χ2v) is 4.50. The van der Waals surface area contributed by atoms with Crippen LogP contribution in [0.4, 0.5) is 0 Å². The molecule has 1 fully saturated rings. The summed E-state index contributed by atoms with van der Waals surface area (Å²) in [5.74, 6) is 0.207. The fourth-order valence-corrected chi connectivity index (χ4v) is 2.01. The topological polar surface area (TPSA) is 23.6 Å². The van der Waals surface area contributed by atoms with Gasteiger partial charge in [-0.2, -0.15) is 0 Å². The lowest BCUT2D eigenvalue weighted by molar-refractivity contribution is -0.130. The summed E-state index contributed by atoms with van der Waals surface area (Å²) in [6.45, 7) is 0.567. The van der Waals surface area contributed by atoms with Gasteiger partial charge in [-0.3, -0.25) is 9.69 Å². The first-order chi connectivity index (χ1) is 6.61. The molecule has 0 N–H and O–H groups in total. The third-order valence-corrected chi connectivity index (χ3v) is 3.08. The van der Waals surface area contributed by atoms with Crippen LogP contribution in [-0.4, -0.2) is 49.4 Å². The van der Waals surface area contributed by atoms with Gasteiger partial charge in [0.05, 0.1) is 6.54 Å². The Balaban J connectivity index is 2.32. The van der Waals surface area contributed by atoms with Crippen LogP contribution in [0.2, 0.25) is 0 Å². The van der Waals surface area contributed by atoms with E-state index < -0.39 is 0 Å². The zero-order valence-corrected chi connectivity index (χ0v) is 9.62. The lowest BCUT2D eigenvalue weighted by atomic mass is 9.94. The largest absolute Gasteiger partial charge is 0.348 e. The molecule has 1 rings (SSSR count). The van der Waals surface area contributed by atoms with Crippen molar-refractivity contribution < 1.29 is 4.79 Å². The van der Waals surface area contributed by atoms with Crippen LogP contribution in [0.15, 0.2) is 0 Å². The van der Waals surface area contributed by atoms with Crippen molar-refractivity contribution in [2.45, 2.75) is 38.1 Å². The van der Waals surface area contributed by atoms with Crippen molar-refractivity contribution in [1.29, 1.82) is 0 Å². The van der Waals surface area contributed by atoms with Crippen LogP contribution in [0.3, 0.4) is 0 Å². The van der Waals surface area contributed by atoms with Gasteiger partial charge in [0.25, 0.3) is 0 Å². The normalized spacial score (nSPS) is 18.6. The summed E-state index contributed by atoms with van der Waals surface area (Å²) in [7, 11) is 5.70. The van der Waals surface area contributed by atoms with Crippen molar-refractivity contribution >= 4 is 5.91 Å². The molecule has 1 aliphatic rings. The average Bonchev–Trinajstić information content (AvgIpc) is 2.19. The number of hydrogen-bond acceptors (Lipinski definition) is 2. The molecule has 0 aromatic rings. The van der Waals surface area contributed by atoms with E-state index >= 15 is 0 Å². The van der Waals surface area contributed by atoms with Crippen molar-refractivity contribution in [3.63, 3.8) is 0 Å². The summed E-state index contributed by atoms with van der Waals surface area (Å²) in [5.41, 5.74) is 0. The second-order valence-electron chi connectivity index (χ2n) is 4.50. The highest BCUT2D eigenvalue weighted by molar-refractivity contribution is 5.77.